The lowest BCUT2D eigenvalue weighted by Gasteiger charge is -2.19. The van der Waals surface area contributed by atoms with Gasteiger partial charge in [-0.15, -0.1) is 5.23 Å². The fourth-order valence-electron chi connectivity index (χ4n) is 1.08. The molecular weight excluding hydrogens is 211 g/mol. The molecule has 1 aromatic carbocycles. The van der Waals surface area contributed by atoms with E-state index in [4.69, 9.17) is 9.68 Å². The summed E-state index contributed by atoms with van der Waals surface area (Å²) in [4.78, 5) is 9.39. The number of rotatable bonds is 3. The molecule has 0 aliphatic rings. The monoisotopic (exact) mass is 221 g/mol. The van der Waals surface area contributed by atoms with Gasteiger partial charge in [-0.3, -0.25) is 9.68 Å². The van der Waals surface area contributed by atoms with E-state index in [1.165, 1.54) is 26.4 Å². The SMILES string of the molecule is CON(OC)c1cccc(C(F)(F)F)c1. The Hall–Kier alpha value is -1.27. The molecule has 84 valence electrons. The molecule has 0 heterocycles. The summed E-state index contributed by atoms with van der Waals surface area (Å²) in [5.41, 5.74) is -0.575. The summed E-state index contributed by atoms with van der Waals surface area (Å²) in [5.74, 6) is 0. The molecule has 0 spiro atoms. The van der Waals surface area contributed by atoms with Gasteiger partial charge >= 0.3 is 6.18 Å². The molecule has 1 rings (SSSR count). The third-order valence-corrected chi connectivity index (χ3v) is 1.72. The zero-order valence-electron chi connectivity index (χ0n) is 8.21. The van der Waals surface area contributed by atoms with Crippen LogP contribution in [0.1, 0.15) is 5.56 Å². The van der Waals surface area contributed by atoms with Crippen LogP contribution in [0, 0.1) is 0 Å². The van der Waals surface area contributed by atoms with Gasteiger partial charge in [-0.2, -0.15) is 13.2 Å². The van der Waals surface area contributed by atoms with Crippen molar-refractivity contribution in [3.63, 3.8) is 0 Å². The van der Waals surface area contributed by atoms with Crippen molar-refractivity contribution in [2.75, 3.05) is 19.4 Å². The number of halogens is 3. The Morgan fingerprint density at radius 1 is 1.13 bits per heavy atom. The first kappa shape index (κ1) is 11.8. The maximum Gasteiger partial charge on any atom is 0.416 e. The number of anilines is 1. The summed E-state index contributed by atoms with van der Waals surface area (Å²) in [7, 11) is 2.59. The van der Waals surface area contributed by atoms with Gasteiger partial charge in [0, 0.05) is 0 Å². The van der Waals surface area contributed by atoms with Crippen LogP contribution in [-0.4, -0.2) is 14.2 Å². The van der Waals surface area contributed by atoms with E-state index in [0.29, 0.717) is 0 Å². The molecule has 6 heteroatoms. The van der Waals surface area contributed by atoms with Crippen LogP contribution in [0.2, 0.25) is 0 Å². The molecule has 0 fully saturated rings. The fraction of sp³-hybridized carbons (Fsp3) is 0.333. The van der Waals surface area contributed by atoms with Crippen molar-refractivity contribution in [2.45, 2.75) is 6.18 Å². The highest BCUT2D eigenvalue weighted by molar-refractivity contribution is 5.45. The Bertz CT molecular complexity index is 323. The Morgan fingerprint density at radius 2 is 1.73 bits per heavy atom. The van der Waals surface area contributed by atoms with Crippen LogP contribution in [0.3, 0.4) is 0 Å². The largest absolute Gasteiger partial charge is 0.416 e. The van der Waals surface area contributed by atoms with Crippen LogP contribution >= 0.6 is 0 Å². The van der Waals surface area contributed by atoms with Crippen molar-refractivity contribution in [1.82, 2.24) is 0 Å². The second-order valence-corrected chi connectivity index (χ2v) is 2.67. The van der Waals surface area contributed by atoms with E-state index in [-0.39, 0.29) is 5.69 Å². The molecule has 0 atom stereocenters. The summed E-state index contributed by atoms with van der Waals surface area (Å²) in [6.45, 7) is 0. The first-order chi connectivity index (χ1) is 6.99. The molecular formula is C9H10F3NO2. The van der Waals surface area contributed by atoms with Crippen molar-refractivity contribution in [3.8, 4) is 0 Å². The average Bonchev–Trinajstić information content (AvgIpc) is 2.19. The van der Waals surface area contributed by atoms with Crippen LogP contribution in [0.5, 0.6) is 0 Å². The summed E-state index contributed by atoms with van der Waals surface area (Å²) < 4.78 is 37.0. The molecule has 0 saturated carbocycles. The van der Waals surface area contributed by atoms with Crippen molar-refractivity contribution in [3.05, 3.63) is 29.8 Å². The lowest BCUT2D eigenvalue weighted by molar-refractivity contribution is -0.137. The summed E-state index contributed by atoms with van der Waals surface area (Å²) in [6.07, 6.45) is -4.37. The maximum atomic E-state index is 12.3. The van der Waals surface area contributed by atoms with Crippen LogP contribution in [0.25, 0.3) is 0 Å². The van der Waals surface area contributed by atoms with E-state index in [1.54, 1.807) is 0 Å². The third-order valence-electron chi connectivity index (χ3n) is 1.72. The Labute approximate surface area is 84.9 Å². The Balaban J connectivity index is 3.02. The molecule has 0 unspecified atom stereocenters. The maximum absolute atomic E-state index is 12.3. The Morgan fingerprint density at radius 3 is 2.20 bits per heavy atom. The second-order valence-electron chi connectivity index (χ2n) is 2.67. The van der Waals surface area contributed by atoms with E-state index in [0.717, 1.165) is 17.4 Å². The highest BCUT2D eigenvalue weighted by Crippen LogP contribution is 2.31. The summed E-state index contributed by atoms with van der Waals surface area (Å²) in [5, 5.41) is 0.884. The topological polar surface area (TPSA) is 21.7 Å². The zero-order chi connectivity index (χ0) is 11.5. The molecule has 0 amide bonds. The molecule has 0 N–H and O–H groups in total. The average molecular weight is 221 g/mol. The zero-order valence-corrected chi connectivity index (χ0v) is 8.21. The van der Waals surface area contributed by atoms with Gasteiger partial charge in [0.05, 0.1) is 25.5 Å². The van der Waals surface area contributed by atoms with Gasteiger partial charge in [0.25, 0.3) is 0 Å². The van der Waals surface area contributed by atoms with Gasteiger partial charge in [-0.25, -0.2) is 0 Å². The predicted octanol–water partition coefficient (Wildman–Crippen LogP) is 2.63. The number of hydrogen-bond acceptors (Lipinski definition) is 3. The summed E-state index contributed by atoms with van der Waals surface area (Å²) >= 11 is 0. The van der Waals surface area contributed by atoms with Crippen LogP contribution < -0.4 is 5.23 Å². The van der Waals surface area contributed by atoms with E-state index in [1.807, 2.05) is 0 Å². The van der Waals surface area contributed by atoms with Crippen molar-refractivity contribution in [1.29, 1.82) is 0 Å². The first-order valence-corrected chi connectivity index (χ1v) is 4.04. The van der Waals surface area contributed by atoms with Crippen molar-refractivity contribution < 1.29 is 22.8 Å². The first-order valence-electron chi connectivity index (χ1n) is 4.04. The van der Waals surface area contributed by atoms with Gasteiger partial charge < -0.3 is 0 Å². The van der Waals surface area contributed by atoms with Crippen molar-refractivity contribution >= 4 is 5.69 Å². The van der Waals surface area contributed by atoms with Crippen LogP contribution in [-0.2, 0) is 15.9 Å². The quantitative estimate of drug-likeness (QED) is 0.732. The smallest absolute Gasteiger partial charge is 0.252 e. The minimum Gasteiger partial charge on any atom is -0.252 e. The van der Waals surface area contributed by atoms with Gasteiger partial charge in [0.15, 0.2) is 0 Å². The van der Waals surface area contributed by atoms with Gasteiger partial charge in [0.2, 0.25) is 0 Å². The number of nitrogens with zero attached hydrogens (tertiary/aromatic N) is 1. The highest BCUT2D eigenvalue weighted by atomic mass is 19.4. The van der Waals surface area contributed by atoms with Crippen LogP contribution in [0.15, 0.2) is 24.3 Å². The molecule has 0 aliphatic carbocycles. The van der Waals surface area contributed by atoms with E-state index in [2.05, 4.69) is 0 Å². The minimum atomic E-state index is -4.37. The molecule has 3 nitrogen and oxygen atoms in total. The second kappa shape index (κ2) is 4.50. The molecule has 1 aromatic rings. The lowest BCUT2D eigenvalue weighted by atomic mass is 10.2. The van der Waals surface area contributed by atoms with Crippen LogP contribution in [0.4, 0.5) is 18.9 Å². The van der Waals surface area contributed by atoms with Gasteiger partial charge in [-0.05, 0) is 18.2 Å². The normalized spacial score (nSPS) is 11.5. The number of hydrogen-bond donors (Lipinski definition) is 0. The molecule has 0 saturated heterocycles. The molecule has 0 radical (unpaired) electrons. The van der Waals surface area contributed by atoms with E-state index < -0.39 is 11.7 Å². The summed E-state index contributed by atoms with van der Waals surface area (Å²) in [6, 6.07) is 4.64. The Kier molecular flexibility index (Phi) is 3.54. The third kappa shape index (κ3) is 2.84. The van der Waals surface area contributed by atoms with Gasteiger partial charge in [0.1, 0.15) is 0 Å². The van der Waals surface area contributed by atoms with Gasteiger partial charge in [-0.1, -0.05) is 6.07 Å². The molecule has 0 aliphatic heterocycles. The molecule has 15 heavy (non-hydrogen) atoms. The number of alkyl halides is 3. The highest BCUT2D eigenvalue weighted by Gasteiger charge is 2.30. The number of benzene rings is 1. The van der Waals surface area contributed by atoms with E-state index >= 15 is 0 Å². The molecule has 0 aromatic heterocycles. The predicted molar refractivity (Wildman–Crippen MR) is 47.9 cm³/mol. The molecule has 0 bridgehead atoms. The fourth-order valence-corrected chi connectivity index (χ4v) is 1.08. The lowest BCUT2D eigenvalue weighted by Crippen LogP contribution is -2.20. The minimum absolute atomic E-state index is 0.176. The standard InChI is InChI=1S/C9H10F3NO2/c1-14-13(15-2)8-5-3-4-7(6-8)9(10,11)12/h3-6H,1-2H3. The van der Waals surface area contributed by atoms with E-state index in [9.17, 15) is 13.2 Å². The van der Waals surface area contributed by atoms with Crippen molar-refractivity contribution in [2.24, 2.45) is 0 Å².